The fraction of sp³-hybridized carbons (Fsp3) is 0. The number of fused-ring (bicyclic) bond motifs is 1. The molecule has 6 heteroatoms. The van der Waals surface area contributed by atoms with E-state index in [-0.39, 0.29) is 0 Å². The summed E-state index contributed by atoms with van der Waals surface area (Å²) in [6, 6.07) is 5.55. The zero-order valence-corrected chi connectivity index (χ0v) is 9.01. The van der Waals surface area contributed by atoms with Gasteiger partial charge in [-0.1, -0.05) is 16.1 Å². The molecule has 2 aromatic heterocycles. The molecule has 0 unspecified atom stereocenters. The first-order valence-corrected chi connectivity index (χ1v) is 5.41. The van der Waals surface area contributed by atoms with Gasteiger partial charge in [0, 0.05) is 5.02 Å². The second kappa shape index (κ2) is 3.29. The van der Waals surface area contributed by atoms with Gasteiger partial charge in [0.1, 0.15) is 4.88 Å². The van der Waals surface area contributed by atoms with Crippen molar-refractivity contribution in [3.8, 4) is 10.7 Å². The van der Waals surface area contributed by atoms with Gasteiger partial charge in [-0.3, -0.25) is 0 Å². The topological polar surface area (TPSA) is 54.5 Å². The molecule has 2 heterocycles. The normalized spacial score (nSPS) is 11.0. The van der Waals surface area contributed by atoms with Crippen LogP contribution in [0.1, 0.15) is 0 Å². The van der Waals surface area contributed by atoms with Crippen molar-refractivity contribution in [2.45, 2.75) is 0 Å². The van der Waals surface area contributed by atoms with Gasteiger partial charge >= 0.3 is 0 Å². The molecule has 1 N–H and O–H groups in total. The van der Waals surface area contributed by atoms with Crippen molar-refractivity contribution in [2.75, 3.05) is 0 Å². The number of halogens is 1. The van der Waals surface area contributed by atoms with E-state index in [0.717, 1.165) is 21.7 Å². The Hall–Kier alpha value is -1.46. The Morgan fingerprint density at radius 3 is 3.07 bits per heavy atom. The number of imidazole rings is 1. The Balaban J connectivity index is 2.22. The highest BCUT2D eigenvalue weighted by Crippen LogP contribution is 2.23. The first-order valence-electron chi connectivity index (χ1n) is 4.26. The van der Waals surface area contributed by atoms with E-state index < -0.39 is 0 Å². The van der Waals surface area contributed by atoms with Crippen LogP contribution in [0.2, 0.25) is 5.02 Å². The number of hydrogen-bond donors (Lipinski definition) is 1. The Labute approximate surface area is 94.1 Å². The molecule has 0 aliphatic rings. The summed E-state index contributed by atoms with van der Waals surface area (Å²) in [4.78, 5) is 8.50. The summed E-state index contributed by atoms with van der Waals surface area (Å²) in [5, 5.41) is 4.46. The summed E-state index contributed by atoms with van der Waals surface area (Å²) in [5.74, 6) is 0.780. The second-order valence-corrected chi connectivity index (χ2v) is 4.25. The molecule has 4 nitrogen and oxygen atoms in total. The Morgan fingerprint density at radius 2 is 2.27 bits per heavy atom. The Morgan fingerprint density at radius 1 is 1.33 bits per heavy atom. The van der Waals surface area contributed by atoms with Crippen LogP contribution in [-0.2, 0) is 0 Å². The summed E-state index contributed by atoms with van der Waals surface area (Å²) in [6.45, 7) is 0. The molecule has 3 aromatic rings. The maximum atomic E-state index is 5.88. The number of H-pyrrole nitrogens is 1. The lowest BCUT2D eigenvalue weighted by molar-refractivity contribution is 1.15. The quantitative estimate of drug-likeness (QED) is 0.707. The van der Waals surface area contributed by atoms with Gasteiger partial charge in [-0.15, -0.1) is 5.10 Å². The largest absolute Gasteiger partial charge is 0.337 e. The average molecular weight is 237 g/mol. The van der Waals surface area contributed by atoms with Gasteiger partial charge in [0.25, 0.3) is 0 Å². The summed E-state index contributed by atoms with van der Waals surface area (Å²) in [7, 11) is 0. The molecule has 1 aromatic carbocycles. The number of aromatic amines is 1. The minimum absolute atomic E-state index is 0.695. The van der Waals surface area contributed by atoms with Crippen molar-refractivity contribution in [1.82, 2.24) is 19.6 Å². The molecule has 3 rings (SSSR count). The lowest BCUT2D eigenvalue weighted by atomic mass is 10.3. The summed E-state index contributed by atoms with van der Waals surface area (Å²) in [6.07, 6.45) is 1.68. The van der Waals surface area contributed by atoms with Crippen molar-refractivity contribution in [3.63, 3.8) is 0 Å². The maximum absolute atomic E-state index is 5.88. The second-order valence-electron chi connectivity index (χ2n) is 3.03. The monoisotopic (exact) mass is 236 g/mol. The van der Waals surface area contributed by atoms with Crippen LogP contribution in [0, 0.1) is 0 Å². The number of rotatable bonds is 1. The lowest BCUT2D eigenvalue weighted by Gasteiger charge is -1.87. The molecule has 15 heavy (non-hydrogen) atoms. The third kappa shape index (κ3) is 1.49. The molecule has 0 saturated carbocycles. The SMILES string of the molecule is Clc1ccc2nc(-c3cnns3)[nH]c2c1. The average Bonchev–Trinajstić information content (AvgIpc) is 2.84. The van der Waals surface area contributed by atoms with Crippen LogP contribution in [0.5, 0.6) is 0 Å². The van der Waals surface area contributed by atoms with E-state index in [1.807, 2.05) is 18.2 Å². The number of benzene rings is 1. The Bertz CT molecular complexity index is 602. The molecule has 0 saturated heterocycles. The zero-order chi connectivity index (χ0) is 10.3. The fourth-order valence-corrected chi connectivity index (χ4v) is 2.00. The van der Waals surface area contributed by atoms with Crippen LogP contribution in [-0.4, -0.2) is 19.6 Å². The van der Waals surface area contributed by atoms with Crippen molar-refractivity contribution in [3.05, 3.63) is 29.4 Å². The molecular formula is C9H5ClN4S. The molecule has 0 aliphatic heterocycles. The number of nitrogens with one attached hydrogen (secondary N) is 1. The molecular weight excluding hydrogens is 232 g/mol. The molecule has 0 amide bonds. The van der Waals surface area contributed by atoms with Crippen molar-refractivity contribution in [2.24, 2.45) is 0 Å². The first-order chi connectivity index (χ1) is 7.33. The van der Waals surface area contributed by atoms with E-state index in [0.29, 0.717) is 5.02 Å². The highest BCUT2D eigenvalue weighted by atomic mass is 35.5. The van der Waals surface area contributed by atoms with E-state index in [1.165, 1.54) is 11.5 Å². The number of nitrogens with zero attached hydrogens (tertiary/aromatic N) is 3. The first kappa shape index (κ1) is 8.82. The van der Waals surface area contributed by atoms with Crippen molar-refractivity contribution >= 4 is 34.2 Å². The number of hydrogen-bond acceptors (Lipinski definition) is 4. The van der Waals surface area contributed by atoms with Crippen LogP contribution in [0.4, 0.5) is 0 Å². The lowest BCUT2D eigenvalue weighted by Crippen LogP contribution is -1.72. The van der Waals surface area contributed by atoms with Crippen LogP contribution in [0.3, 0.4) is 0 Å². The Kier molecular flexibility index (Phi) is 1.93. The van der Waals surface area contributed by atoms with Gasteiger partial charge in [-0.2, -0.15) is 0 Å². The predicted octanol–water partition coefficient (Wildman–Crippen LogP) is 2.73. The van der Waals surface area contributed by atoms with E-state index in [2.05, 4.69) is 19.6 Å². The minimum Gasteiger partial charge on any atom is -0.337 e. The highest BCUT2D eigenvalue weighted by molar-refractivity contribution is 7.09. The van der Waals surface area contributed by atoms with Gasteiger partial charge in [-0.25, -0.2) is 4.98 Å². The van der Waals surface area contributed by atoms with Gasteiger partial charge < -0.3 is 4.98 Å². The van der Waals surface area contributed by atoms with Crippen molar-refractivity contribution in [1.29, 1.82) is 0 Å². The maximum Gasteiger partial charge on any atom is 0.151 e. The van der Waals surface area contributed by atoms with Gasteiger partial charge in [0.2, 0.25) is 0 Å². The minimum atomic E-state index is 0.695. The van der Waals surface area contributed by atoms with E-state index >= 15 is 0 Å². The van der Waals surface area contributed by atoms with Crippen molar-refractivity contribution < 1.29 is 0 Å². The third-order valence-electron chi connectivity index (χ3n) is 2.04. The van der Waals surface area contributed by atoms with Crippen LogP contribution < -0.4 is 0 Å². The summed E-state index contributed by atoms with van der Waals surface area (Å²) in [5.41, 5.74) is 1.81. The molecule has 0 atom stereocenters. The predicted molar refractivity (Wildman–Crippen MR) is 60.0 cm³/mol. The zero-order valence-electron chi connectivity index (χ0n) is 7.44. The van der Waals surface area contributed by atoms with Crippen LogP contribution in [0.25, 0.3) is 21.7 Å². The van der Waals surface area contributed by atoms with E-state index in [9.17, 15) is 0 Å². The number of aromatic nitrogens is 4. The standard InChI is InChI=1S/C9H5ClN4S/c10-5-1-2-6-7(3-5)13-9(12-6)8-4-11-14-15-8/h1-4H,(H,12,13). The molecule has 0 radical (unpaired) electrons. The van der Waals surface area contributed by atoms with Gasteiger partial charge in [0.15, 0.2) is 5.82 Å². The van der Waals surface area contributed by atoms with E-state index in [4.69, 9.17) is 11.6 Å². The molecule has 0 bridgehead atoms. The molecule has 0 aliphatic carbocycles. The fourth-order valence-electron chi connectivity index (χ4n) is 1.37. The van der Waals surface area contributed by atoms with Gasteiger partial charge in [0.05, 0.1) is 17.2 Å². The molecule has 0 spiro atoms. The van der Waals surface area contributed by atoms with Crippen LogP contribution >= 0.6 is 23.1 Å². The van der Waals surface area contributed by atoms with Crippen LogP contribution in [0.15, 0.2) is 24.4 Å². The highest BCUT2D eigenvalue weighted by Gasteiger charge is 2.07. The third-order valence-corrected chi connectivity index (χ3v) is 2.95. The van der Waals surface area contributed by atoms with Gasteiger partial charge in [-0.05, 0) is 29.7 Å². The summed E-state index contributed by atoms with van der Waals surface area (Å²) < 4.78 is 3.79. The molecule has 74 valence electrons. The van der Waals surface area contributed by atoms with E-state index in [1.54, 1.807) is 6.20 Å². The molecule has 0 fully saturated rings. The summed E-state index contributed by atoms with van der Waals surface area (Å²) >= 11 is 7.19. The smallest absolute Gasteiger partial charge is 0.151 e.